The molecule has 1 aromatic heterocycles. The van der Waals surface area contributed by atoms with Gasteiger partial charge in [0, 0.05) is 28.8 Å². The molecular formula is C27H29NO6. The van der Waals surface area contributed by atoms with Crippen molar-refractivity contribution >= 4 is 17.7 Å². The van der Waals surface area contributed by atoms with Crippen LogP contribution in [0, 0.1) is 12.8 Å². The molecule has 1 aliphatic carbocycles. The van der Waals surface area contributed by atoms with Gasteiger partial charge in [0.2, 0.25) is 0 Å². The van der Waals surface area contributed by atoms with Gasteiger partial charge in [-0.25, -0.2) is 4.79 Å². The van der Waals surface area contributed by atoms with Gasteiger partial charge in [-0.1, -0.05) is 24.3 Å². The molecule has 1 N–H and O–H groups in total. The second-order valence-electron chi connectivity index (χ2n) is 8.49. The van der Waals surface area contributed by atoms with Gasteiger partial charge in [-0.2, -0.15) is 0 Å². The molecule has 2 aromatic rings. The molecule has 2 heterocycles. The van der Waals surface area contributed by atoms with Crippen molar-refractivity contribution in [1.82, 2.24) is 5.32 Å². The molecule has 4 rings (SSSR count). The molecule has 0 amide bonds. The molecular weight excluding hydrogens is 434 g/mol. The SMILES string of the molecule is CCOC(=O)C1=C(C)NC2=C(C(=O)[C@@H](C(=O)OCC)[C@@H](c3ccco3)C2)[C@@H]1c1ccccc1C. The standard InChI is InChI=1S/C27H29NO6/c1-5-32-26(30)21-16(4)28-19-14-18(20-12-9-13-34-20)23(27(31)33-6-2)25(29)24(19)22(21)17-11-8-7-10-15(17)3/h7-13,18,22-23,28H,5-6,14H2,1-4H3/t18-,22-,23+/m1/s1. The van der Waals surface area contributed by atoms with E-state index in [1.54, 1.807) is 26.0 Å². The summed E-state index contributed by atoms with van der Waals surface area (Å²) in [6.07, 6.45) is 1.90. The van der Waals surface area contributed by atoms with Gasteiger partial charge in [0.25, 0.3) is 0 Å². The molecule has 1 aliphatic heterocycles. The van der Waals surface area contributed by atoms with E-state index >= 15 is 0 Å². The number of aryl methyl sites for hydroxylation is 1. The number of rotatable bonds is 6. The molecule has 0 unspecified atom stereocenters. The molecule has 2 aliphatic rings. The monoisotopic (exact) mass is 463 g/mol. The Kier molecular flexibility index (Phi) is 6.72. The van der Waals surface area contributed by atoms with Gasteiger partial charge in [0.1, 0.15) is 11.7 Å². The van der Waals surface area contributed by atoms with Crippen LogP contribution in [0.25, 0.3) is 0 Å². The third-order valence-electron chi connectivity index (χ3n) is 6.46. The Morgan fingerprint density at radius 1 is 1.06 bits per heavy atom. The van der Waals surface area contributed by atoms with Crippen molar-refractivity contribution in [2.45, 2.75) is 46.0 Å². The van der Waals surface area contributed by atoms with Crippen LogP contribution in [0.5, 0.6) is 0 Å². The van der Waals surface area contributed by atoms with E-state index < -0.39 is 29.7 Å². The molecule has 178 valence electrons. The van der Waals surface area contributed by atoms with Crippen molar-refractivity contribution in [2.75, 3.05) is 13.2 Å². The molecule has 0 spiro atoms. The number of ether oxygens (including phenoxy) is 2. The number of carbonyl (C=O) groups is 3. The summed E-state index contributed by atoms with van der Waals surface area (Å²) < 4.78 is 16.3. The van der Waals surface area contributed by atoms with Crippen molar-refractivity contribution in [3.05, 3.63) is 82.1 Å². The maximum absolute atomic E-state index is 14.1. The Hall–Kier alpha value is -3.61. The first-order valence-electron chi connectivity index (χ1n) is 11.6. The van der Waals surface area contributed by atoms with Crippen LogP contribution in [-0.2, 0) is 23.9 Å². The van der Waals surface area contributed by atoms with Crippen LogP contribution in [0.15, 0.2) is 69.6 Å². The Balaban J connectivity index is 1.90. The Morgan fingerprint density at radius 3 is 2.44 bits per heavy atom. The highest BCUT2D eigenvalue weighted by Gasteiger charge is 2.50. The lowest BCUT2D eigenvalue weighted by atomic mass is 9.67. The van der Waals surface area contributed by atoms with Crippen LogP contribution < -0.4 is 5.32 Å². The largest absolute Gasteiger partial charge is 0.469 e. The van der Waals surface area contributed by atoms with Gasteiger partial charge >= 0.3 is 11.9 Å². The molecule has 1 aromatic carbocycles. The second kappa shape index (κ2) is 9.71. The maximum atomic E-state index is 14.1. The molecule has 34 heavy (non-hydrogen) atoms. The van der Waals surface area contributed by atoms with Gasteiger partial charge < -0.3 is 19.2 Å². The van der Waals surface area contributed by atoms with Crippen LogP contribution in [0.2, 0.25) is 0 Å². The van der Waals surface area contributed by atoms with Gasteiger partial charge in [-0.05, 0) is 57.4 Å². The lowest BCUT2D eigenvalue weighted by molar-refractivity contribution is -0.152. The number of Topliss-reactive ketones (excluding diaryl/α,β-unsaturated/α-hetero) is 1. The first-order chi connectivity index (χ1) is 16.4. The lowest BCUT2D eigenvalue weighted by Gasteiger charge is -2.39. The quantitative estimate of drug-likeness (QED) is 0.504. The van der Waals surface area contributed by atoms with Gasteiger partial charge in [0.05, 0.1) is 25.1 Å². The van der Waals surface area contributed by atoms with Crippen molar-refractivity contribution in [1.29, 1.82) is 0 Å². The fourth-order valence-electron chi connectivity index (χ4n) is 5.01. The van der Waals surface area contributed by atoms with Crippen LogP contribution in [-0.4, -0.2) is 30.9 Å². The van der Waals surface area contributed by atoms with E-state index in [2.05, 4.69) is 5.32 Å². The number of hydrogen-bond acceptors (Lipinski definition) is 7. The summed E-state index contributed by atoms with van der Waals surface area (Å²) in [5, 5.41) is 3.28. The fraction of sp³-hybridized carbons (Fsp3) is 0.370. The summed E-state index contributed by atoms with van der Waals surface area (Å²) in [5.74, 6) is -3.13. The Bertz CT molecular complexity index is 1170. The van der Waals surface area contributed by atoms with E-state index in [9.17, 15) is 14.4 Å². The normalized spacial score (nSPS) is 22.2. The van der Waals surface area contributed by atoms with Gasteiger partial charge in [-0.3, -0.25) is 9.59 Å². The van der Waals surface area contributed by atoms with E-state index in [4.69, 9.17) is 13.9 Å². The summed E-state index contributed by atoms with van der Waals surface area (Å²) in [6, 6.07) is 11.1. The highest BCUT2D eigenvalue weighted by molar-refractivity contribution is 6.13. The highest BCUT2D eigenvalue weighted by Crippen LogP contribution is 2.48. The number of nitrogens with one attached hydrogen (secondary N) is 1. The van der Waals surface area contributed by atoms with E-state index in [-0.39, 0.29) is 19.0 Å². The maximum Gasteiger partial charge on any atom is 0.336 e. The lowest BCUT2D eigenvalue weighted by Crippen LogP contribution is -2.43. The summed E-state index contributed by atoms with van der Waals surface area (Å²) in [5.41, 5.74) is 3.86. The highest BCUT2D eigenvalue weighted by atomic mass is 16.5. The zero-order valence-corrected chi connectivity index (χ0v) is 19.8. The van der Waals surface area contributed by atoms with Crippen molar-refractivity contribution in [2.24, 2.45) is 5.92 Å². The van der Waals surface area contributed by atoms with Gasteiger partial charge in [0.15, 0.2) is 5.78 Å². The first kappa shape index (κ1) is 23.5. The fourth-order valence-corrected chi connectivity index (χ4v) is 5.01. The third-order valence-corrected chi connectivity index (χ3v) is 6.46. The van der Waals surface area contributed by atoms with E-state index in [1.807, 2.05) is 38.1 Å². The number of esters is 2. The Morgan fingerprint density at radius 2 is 1.79 bits per heavy atom. The molecule has 7 heteroatoms. The zero-order chi connectivity index (χ0) is 24.4. The predicted molar refractivity (Wildman–Crippen MR) is 125 cm³/mol. The molecule has 3 atom stereocenters. The predicted octanol–water partition coefficient (Wildman–Crippen LogP) is 4.30. The van der Waals surface area contributed by atoms with E-state index in [0.29, 0.717) is 34.7 Å². The summed E-state index contributed by atoms with van der Waals surface area (Å²) >= 11 is 0. The van der Waals surface area contributed by atoms with Crippen LogP contribution in [0.3, 0.4) is 0 Å². The average Bonchev–Trinajstić information content (AvgIpc) is 3.33. The topological polar surface area (TPSA) is 94.8 Å². The first-order valence-corrected chi connectivity index (χ1v) is 11.6. The molecule has 0 saturated heterocycles. The number of benzene rings is 1. The molecule has 0 bridgehead atoms. The number of furan rings is 1. The number of carbonyl (C=O) groups excluding carboxylic acids is 3. The molecule has 0 radical (unpaired) electrons. The van der Waals surface area contributed by atoms with Crippen molar-refractivity contribution in [3.8, 4) is 0 Å². The molecule has 0 saturated carbocycles. The minimum absolute atomic E-state index is 0.159. The minimum Gasteiger partial charge on any atom is -0.469 e. The number of ketones is 1. The summed E-state index contributed by atoms with van der Waals surface area (Å²) in [6.45, 7) is 7.58. The number of dihydropyridines is 1. The average molecular weight is 464 g/mol. The Labute approximate surface area is 198 Å². The second-order valence-corrected chi connectivity index (χ2v) is 8.49. The third kappa shape index (κ3) is 4.06. The zero-order valence-electron chi connectivity index (χ0n) is 19.8. The van der Waals surface area contributed by atoms with Crippen LogP contribution >= 0.6 is 0 Å². The van der Waals surface area contributed by atoms with Crippen molar-refractivity contribution in [3.63, 3.8) is 0 Å². The van der Waals surface area contributed by atoms with Gasteiger partial charge in [-0.15, -0.1) is 0 Å². The molecule has 0 fully saturated rings. The van der Waals surface area contributed by atoms with E-state index in [1.165, 1.54) is 6.26 Å². The van der Waals surface area contributed by atoms with Crippen LogP contribution in [0.1, 0.15) is 55.9 Å². The van der Waals surface area contributed by atoms with E-state index in [0.717, 1.165) is 11.1 Å². The van der Waals surface area contributed by atoms with Crippen LogP contribution in [0.4, 0.5) is 0 Å². The number of allylic oxidation sites excluding steroid dienone is 3. The summed E-state index contributed by atoms with van der Waals surface area (Å²) in [4.78, 5) is 40.2. The smallest absolute Gasteiger partial charge is 0.336 e. The molecule has 7 nitrogen and oxygen atoms in total. The summed E-state index contributed by atoms with van der Waals surface area (Å²) in [7, 11) is 0. The van der Waals surface area contributed by atoms with Crippen molar-refractivity contribution < 1.29 is 28.3 Å². The number of hydrogen-bond donors (Lipinski definition) is 1. The minimum atomic E-state index is -1.07.